The number of hydrogen-bond donors (Lipinski definition) is 0. The minimum atomic E-state index is 0.0243. The minimum Gasteiger partial charge on any atom is -0.490 e. The van der Waals surface area contributed by atoms with Gasteiger partial charge in [0.1, 0.15) is 11.9 Å². The van der Waals surface area contributed by atoms with Gasteiger partial charge in [0.2, 0.25) is 0 Å². The lowest BCUT2D eigenvalue weighted by Gasteiger charge is -2.02. The number of benzene rings is 2. The van der Waals surface area contributed by atoms with Crippen molar-refractivity contribution in [3.8, 4) is 5.75 Å². The molecule has 0 aliphatic carbocycles. The molecule has 1 aliphatic rings. The molecule has 3 rings (SSSR count). The van der Waals surface area contributed by atoms with Gasteiger partial charge in [-0.15, -0.1) is 0 Å². The van der Waals surface area contributed by atoms with Crippen LogP contribution in [0.2, 0.25) is 0 Å². The first-order chi connectivity index (χ1) is 9.72. The summed E-state index contributed by atoms with van der Waals surface area (Å²) in [5, 5.41) is 0. The SMILES string of the molecule is C[C@H]1Cc2cc(C(=O)/C=C/c3ccccc3)ccc2O1. The summed E-state index contributed by atoms with van der Waals surface area (Å²) in [5.74, 6) is 0.928. The van der Waals surface area contributed by atoms with Crippen LogP contribution in [0.25, 0.3) is 6.08 Å². The largest absolute Gasteiger partial charge is 0.490 e. The van der Waals surface area contributed by atoms with Crippen LogP contribution < -0.4 is 4.74 Å². The van der Waals surface area contributed by atoms with Crippen molar-refractivity contribution in [2.45, 2.75) is 19.4 Å². The minimum absolute atomic E-state index is 0.0243. The molecule has 0 N–H and O–H groups in total. The molecule has 2 nitrogen and oxygen atoms in total. The molecule has 0 saturated carbocycles. The van der Waals surface area contributed by atoms with Crippen molar-refractivity contribution in [2.24, 2.45) is 0 Å². The fourth-order valence-electron chi connectivity index (χ4n) is 2.41. The lowest BCUT2D eigenvalue weighted by Crippen LogP contribution is -2.05. The van der Waals surface area contributed by atoms with Crippen LogP contribution in [-0.4, -0.2) is 11.9 Å². The number of rotatable bonds is 3. The third-order valence-electron chi connectivity index (χ3n) is 3.41. The molecule has 0 bridgehead atoms. The van der Waals surface area contributed by atoms with Crippen LogP contribution in [0, 0.1) is 0 Å². The van der Waals surface area contributed by atoms with Crippen molar-refractivity contribution in [3.05, 3.63) is 71.3 Å². The van der Waals surface area contributed by atoms with Crippen molar-refractivity contribution in [1.29, 1.82) is 0 Å². The molecular weight excluding hydrogens is 248 g/mol. The Morgan fingerprint density at radius 2 is 2.00 bits per heavy atom. The van der Waals surface area contributed by atoms with Crippen LogP contribution in [0.5, 0.6) is 5.75 Å². The monoisotopic (exact) mass is 264 g/mol. The summed E-state index contributed by atoms with van der Waals surface area (Å²) in [6, 6.07) is 15.5. The molecule has 0 radical (unpaired) electrons. The van der Waals surface area contributed by atoms with Crippen LogP contribution in [0.4, 0.5) is 0 Å². The van der Waals surface area contributed by atoms with Crippen molar-refractivity contribution < 1.29 is 9.53 Å². The predicted octanol–water partition coefficient (Wildman–Crippen LogP) is 3.91. The van der Waals surface area contributed by atoms with E-state index in [0.717, 1.165) is 23.3 Å². The quantitative estimate of drug-likeness (QED) is 0.620. The van der Waals surface area contributed by atoms with E-state index in [9.17, 15) is 4.79 Å². The van der Waals surface area contributed by atoms with E-state index in [2.05, 4.69) is 0 Å². The number of ether oxygens (including phenoxy) is 1. The number of carbonyl (C=O) groups is 1. The normalized spacial score (nSPS) is 16.9. The first-order valence-electron chi connectivity index (χ1n) is 6.79. The van der Waals surface area contributed by atoms with Gasteiger partial charge in [0.15, 0.2) is 5.78 Å². The highest BCUT2D eigenvalue weighted by atomic mass is 16.5. The standard InChI is InChI=1S/C18H16O2/c1-13-11-16-12-15(8-10-18(16)20-13)17(19)9-7-14-5-3-2-4-6-14/h2-10,12-13H,11H2,1H3/b9-7+/t13-/m0/s1. The van der Waals surface area contributed by atoms with Crippen LogP contribution in [0.3, 0.4) is 0 Å². The molecule has 20 heavy (non-hydrogen) atoms. The van der Waals surface area contributed by atoms with Gasteiger partial charge in [0.25, 0.3) is 0 Å². The van der Waals surface area contributed by atoms with E-state index in [0.29, 0.717) is 5.56 Å². The molecule has 2 aromatic rings. The second-order valence-corrected chi connectivity index (χ2v) is 5.06. The van der Waals surface area contributed by atoms with E-state index >= 15 is 0 Å². The van der Waals surface area contributed by atoms with Gasteiger partial charge in [-0.1, -0.05) is 36.4 Å². The third-order valence-corrected chi connectivity index (χ3v) is 3.41. The van der Waals surface area contributed by atoms with Gasteiger partial charge in [-0.25, -0.2) is 0 Å². The molecule has 1 atom stereocenters. The van der Waals surface area contributed by atoms with E-state index in [1.54, 1.807) is 6.08 Å². The van der Waals surface area contributed by atoms with Crippen LogP contribution in [0.1, 0.15) is 28.4 Å². The Hall–Kier alpha value is -2.35. The van der Waals surface area contributed by atoms with E-state index in [1.807, 2.05) is 61.5 Å². The van der Waals surface area contributed by atoms with Gasteiger partial charge in [-0.05, 0) is 42.3 Å². The lowest BCUT2D eigenvalue weighted by molar-refractivity contribution is 0.104. The average molecular weight is 264 g/mol. The van der Waals surface area contributed by atoms with E-state index < -0.39 is 0 Å². The highest BCUT2D eigenvalue weighted by Gasteiger charge is 2.19. The molecule has 2 heteroatoms. The predicted molar refractivity (Wildman–Crippen MR) is 80.0 cm³/mol. The fourth-order valence-corrected chi connectivity index (χ4v) is 2.41. The van der Waals surface area contributed by atoms with Gasteiger partial charge < -0.3 is 4.74 Å². The molecule has 2 aromatic carbocycles. The first-order valence-corrected chi connectivity index (χ1v) is 6.79. The maximum Gasteiger partial charge on any atom is 0.185 e. The zero-order valence-corrected chi connectivity index (χ0v) is 11.4. The highest BCUT2D eigenvalue weighted by Crippen LogP contribution is 2.29. The Morgan fingerprint density at radius 3 is 2.80 bits per heavy atom. The Kier molecular flexibility index (Phi) is 3.38. The number of ketones is 1. The zero-order valence-electron chi connectivity index (χ0n) is 11.4. The summed E-state index contributed by atoms with van der Waals surface area (Å²) in [6.07, 6.45) is 4.54. The van der Waals surface area contributed by atoms with Crippen molar-refractivity contribution in [2.75, 3.05) is 0 Å². The number of carbonyl (C=O) groups excluding carboxylic acids is 1. The van der Waals surface area contributed by atoms with E-state index in [-0.39, 0.29) is 11.9 Å². The lowest BCUT2D eigenvalue weighted by atomic mass is 10.0. The van der Waals surface area contributed by atoms with Crippen molar-refractivity contribution in [3.63, 3.8) is 0 Å². The molecule has 0 unspecified atom stereocenters. The molecular formula is C18H16O2. The first kappa shape index (κ1) is 12.7. The number of fused-ring (bicyclic) bond motifs is 1. The maximum atomic E-state index is 12.2. The summed E-state index contributed by atoms with van der Waals surface area (Å²) in [5.41, 5.74) is 2.86. The zero-order chi connectivity index (χ0) is 13.9. The van der Waals surface area contributed by atoms with Gasteiger partial charge in [0.05, 0.1) is 0 Å². The Morgan fingerprint density at radius 1 is 1.20 bits per heavy atom. The average Bonchev–Trinajstić information content (AvgIpc) is 2.85. The Labute approximate surface area is 118 Å². The molecule has 100 valence electrons. The van der Waals surface area contributed by atoms with Crippen molar-refractivity contribution >= 4 is 11.9 Å². The topological polar surface area (TPSA) is 26.3 Å². The van der Waals surface area contributed by atoms with Gasteiger partial charge in [-0.2, -0.15) is 0 Å². The molecule has 0 amide bonds. The van der Waals surface area contributed by atoms with E-state index in [1.165, 1.54) is 0 Å². The summed E-state index contributed by atoms with van der Waals surface area (Å²) in [6.45, 7) is 2.04. The van der Waals surface area contributed by atoms with Crippen LogP contribution >= 0.6 is 0 Å². The molecule has 0 fully saturated rings. The molecule has 1 heterocycles. The van der Waals surface area contributed by atoms with Crippen LogP contribution in [-0.2, 0) is 6.42 Å². The van der Waals surface area contributed by atoms with Gasteiger partial charge >= 0.3 is 0 Å². The highest BCUT2D eigenvalue weighted by molar-refractivity contribution is 6.07. The number of allylic oxidation sites excluding steroid dienone is 1. The van der Waals surface area contributed by atoms with Crippen molar-refractivity contribution in [1.82, 2.24) is 0 Å². The summed E-state index contributed by atoms with van der Waals surface area (Å²) in [7, 11) is 0. The summed E-state index contributed by atoms with van der Waals surface area (Å²) >= 11 is 0. The second-order valence-electron chi connectivity index (χ2n) is 5.06. The van der Waals surface area contributed by atoms with Crippen LogP contribution in [0.15, 0.2) is 54.6 Å². The summed E-state index contributed by atoms with van der Waals surface area (Å²) in [4.78, 5) is 12.2. The Balaban J connectivity index is 1.78. The molecule has 1 aliphatic heterocycles. The van der Waals surface area contributed by atoms with Gasteiger partial charge in [0, 0.05) is 12.0 Å². The van der Waals surface area contributed by atoms with Gasteiger partial charge in [-0.3, -0.25) is 4.79 Å². The van der Waals surface area contributed by atoms with E-state index in [4.69, 9.17) is 4.74 Å². The molecule has 0 spiro atoms. The summed E-state index contributed by atoms with van der Waals surface area (Å²) < 4.78 is 5.64. The smallest absolute Gasteiger partial charge is 0.185 e. The Bertz CT molecular complexity index is 656. The second kappa shape index (κ2) is 5.33. The fraction of sp³-hybridized carbons (Fsp3) is 0.167. The molecule has 0 saturated heterocycles. The third kappa shape index (κ3) is 2.64. The number of hydrogen-bond acceptors (Lipinski definition) is 2. The maximum absolute atomic E-state index is 12.2. The molecule has 0 aromatic heterocycles.